The van der Waals surface area contributed by atoms with Crippen molar-refractivity contribution in [1.29, 1.82) is 0 Å². The molecular formula is C12H17N3O4. The second-order valence-electron chi connectivity index (χ2n) is 4.38. The molecule has 1 heterocycles. The standard InChI is InChI=1S/C12H17N3O4/c1-8(2-3-11(17)18)4-5-13-12(19)9-6-15-10(16)7-14-9/h6-8H,2-5H2,1H3,(H,13,19)(H,15,16)(H,17,18). The largest absolute Gasteiger partial charge is 0.481 e. The molecule has 0 fully saturated rings. The zero-order chi connectivity index (χ0) is 14.3. The highest BCUT2D eigenvalue weighted by atomic mass is 16.4. The Morgan fingerprint density at radius 1 is 1.47 bits per heavy atom. The Morgan fingerprint density at radius 3 is 2.79 bits per heavy atom. The first-order chi connectivity index (χ1) is 8.99. The first-order valence-electron chi connectivity index (χ1n) is 6.03. The van der Waals surface area contributed by atoms with Gasteiger partial charge in [-0.05, 0) is 18.8 Å². The topological polar surface area (TPSA) is 112 Å². The van der Waals surface area contributed by atoms with Crippen molar-refractivity contribution >= 4 is 11.9 Å². The molecule has 0 aliphatic rings. The van der Waals surface area contributed by atoms with Gasteiger partial charge in [-0.3, -0.25) is 14.4 Å². The number of carboxylic acids is 1. The first-order valence-corrected chi connectivity index (χ1v) is 6.03. The number of nitrogens with one attached hydrogen (secondary N) is 2. The summed E-state index contributed by atoms with van der Waals surface area (Å²) in [7, 11) is 0. The van der Waals surface area contributed by atoms with Crippen LogP contribution in [0.1, 0.15) is 36.7 Å². The summed E-state index contributed by atoms with van der Waals surface area (Å²) in [5.41, 5.74) is -0.211. The van der Waals surface area contributed by atoms with Crippen LogP contribution in [-0.4, -0.2) is 33.5 Å². The number of amides is 1. The highest BCUT2D eigenvalue weighted by Gasteiger charge is 2.09. The van der Waals surface area contributed by atoms with Crippen LogP contribution in [0.15, 0.2) is 17.2 Å². The van der Waals surface area contributed by atoms with Gasteiger partial charge in [0.2, 0.25) is 0 Å². The number of carbonyl (C=O) groups is 2. The van der Waals surface area contributed by atoms with Gasteiger partial charge in [0.1, 0.15) is 5.69 Å². The number of rotatable bonds is 7. The summed E-state index contributed by atoms with van der Waals surface area (Å²) in [5, 5.41) is 11.2. The molecule has 0 aromatic carbocycles. The maximum atomic E-state index is 11.6. The summed E-state index contributed by atoms with van der Waals surface area (Å²) in [6, 6.07) is 0. The number of carbonyl (C=O) groups excluding carboxylic acids is 1. The van der Waals surface area contributed by atoms with Crippen LogP contribution >= 0.6 is 0 Å². The van der Waals surface area contributed by atoms with Crippen LogP contribution in [0, 0.1) is 5.92 Å². The zero-order valence-electron chi connectivity index (χ0n) is 10.7. The molecule has 19 heavy (non-hydrogen) atoms. The molecule has 1 amide bonds. The van der Waals surface area contributed by atoms with Crippen molar-refractivity contribution in [3.05, 3.63) is 28.4 Å². The molecule has 3 N–H and O–H groups in total. The van der Waals surface area contributed by atoms with Gasteiger partial charge in [-0.2, -0.15) is 0 Å². The molecule has 1 unspecified atom stereocenters. The number of aliphatic carboxylic acids is 1. The third kappa shape index (κ3) is 5.80. The first kappa shape index (κ1) is 14.9. The number of hydrogen-bond donors (Lipinski definition) is 3. The summed E-state index contributed by atoms with van der Waals surface area (Å²) in [4.78, 5) is 38.9. The second kappa shape index (κ2) is 7.30. The van der Waals surface area contributed by atoms with Crippen molar-refractivity contribution in [2.75, 3.05) is 6.54 Å². The SMILES string of the molecule is CC(CCNC(=O)c1c[nH]c(=O)cn1)CCC(=O)O. The molecule has 104 valence electrons. The van der Waals surface area contributed by atoms with E-state index in [0.717, 1.165) is 6.20 Å². The van der Waals surface area contributed by atoms with Crippen LogP contribution in [0.4, 0.5) is 0 Å². The summed E-state index contributed by atoms with van der Waals surface area (Å²) < 4.78 is 0. The maximum absolute atomic E-state index is 11.6. The van der Waals surface area contributed by atoms with E-state index in [4.69, 9.17) is 5.11 Å². The van der Waals surface area contributed by atoms with Crippen LogP contribution < -0.4 is 10.9 Å². The molecule has 1 aromatic rings. The second-order valence-corrected chi connectivity index (χ2v) is 4.38. The number of hydrogen-bond acceptors (Lipinski definition) is 4. The average Bonchev–Trinajstić information content (AvgIpc) is 2.37. The van der Waals surface area contributed by atoms with Crippen molar-refractivity contribution in [3.63, 3.8) is 0 Å². The Morgan fingerprint density at radius 2 is 2.21 bits per heavy atom. The van der Waals surface area contributed by atoms with Crippen LogP contribution in [-0.2, 0) is 4.79 Å². The molecule has 0 aliphatic heterocycles. The Hall–Kier alpha value is -2.18. The molecule has 7 heteroatoms. The van der Waals surface area contributed by atoms with E-state index in [1.807, 2.05) is 6.92 Å². The molecule has 0 saturated carbocycles. The van der Waals surface area contributed by atoms with E-state index in [-0.39, 0.29) is 29.5 Å². The van der Waals surface area contributed by atoms with Crippen LogP contribution in [0.5, 0.6) is 0 Å². The van der Waals surface area contributed by atoms with E-state index >= 15 is 0 Å². The molecule has 1 atom stereocenters. The molecule has 1 aromatic heterocycles. The van der Waals surface area contributed by atoms with Crippen molar-refractivity contribution in [1.82, 2.24) is 15.3 Å². The van der Waals surface area contributed by atoms with Gasteiger partial charge in [-0.25, -0.2) is 4.98 Å². The average molecular weight is 267 g/mol. The van der Waals surface area contributed by atoms with Gasteiger partial charge in [0.25, 0.3) is 11.5 Å². The lowest BCUT2D eigenvalue weighted by atomic mass is 10.0. The Bertz CT molecular complexity index is 477. The van der Waals surface area contributed by atoms with Gasteiger partial charge in [0, 0.05) is 19.2 Å². The van der Waals surface area contributed by atoms with E-state index in [2.05, 4.69) is 15.3 Å². The monoisotopic (exact) mass is 267 g/mol. The van der Waals surface area contributed by atoms with Gasteiger partial charge in [0.05, 0.1) is 6.20 Å². The number of aromatic nitrogens is 2. The molecule has 0 radical (unpaired) electrons. The minimum atomic E-state index is -0.812. The quantitative estimate of drug-likeness (QED) is 0.661. The van der Waals surface area contributed by atoms with Gasteiger partial charge in [0.15, 0.2) is 0 Å². The minimum absolute atomic E-state index is 0.136. The van der Waals surface area contributed by atoms with Crippen LogP contribution in [0.3, 0.4) is 0 Å². The highest BCUT2D eigenvalue weighted by Crippen LogP contribution is 2.09. The lowest BCUT2D eigenvalue weighted by Crippen LogP contribution is -2.27. The highest BCUT2D eigenvalue weighted by molar-refractivity contribution is 5.91. The Balaban J connectivity index is 2.29. The number of carboxylic acid groups (broad SMARTS) is 1. The van der Waals surface area contributed by atoms with Crippen LogP contribution in [0.2, 0.25) is 0 Å². The van der Waals surface area contributed by atoms with Crippen molar-refractivity contribution in [2.45, 2.75) is 26.2 Å². The maximum Gasteiger partial charge on any atom is 0.303 e. The fourth-order valence-corrected chi connectivity index (χ4v) is 1.50. The third-order valence-electron chi connectivity index (χ3n) is 2.68. The molecule has 0 bridgehead atoms. The minimum Gasteiger partial charge on any atom is -0.481 e. The normalized spacial score (nSPS) is 11.8. The van der Waals surface area contributed by atoms with Gasteiger partial charge >= 0.3 is 5.97 Å². The summed E-state index contributed by atoms with van der Waals surface area (Å²) in [5.74, 6) is -0.949. The van der Waals surface area contributed by atoms with Crippen molar-refractivity contribution in [3.8, 4) is 0 Å². The van der Waals surface area contributed by atoms with Gasteiger partial charge in [-0.1, -0.05) is 6.92 Å². The van der Waals surface area contributed by atoms with Gasteiger partial charge < -0.3 is 15.4 Å². The van der Waals surface area contributed by atoms with Crippen molar-refractivity contribution in [2.24, 2.45) is 5.92 Å². The third-order valence-corrected chi connectivity index (χ3v) is 2.68. The summed E-state index contributed by atoms with van der Waals surface area (Å²) in [6.07, 6.45) is 3.72. The van der Waals surface area contributed by atoms with Crippen LogP contribution in [0.25, 0.3) is 0 Å². The molecular weight excluding hydrogens is 250 g/mol. The fourth-order valence-electron chi connectivity index (χ4n) is 1.50. The smallest absolute Gasteiger partial charge is 0.303 e. The van der Waals surface area contributed by atoms with Gasteiger partial charge in [-0.15, -0.1) is 0 Å². The summed E-state index contributed by atoms with van der Waals surface area (Å²) in [6.45, 7) is 2.38. The predicted octanol–water partition coefficient (Wildman–Crippen LogP) is 0.391. The molecule has 7 nitrogen and oxygen atoms in total. The Kier molecular flexibility index (Phi) is 5.72. The predicted molar refractivity (Wildman–Crippen MR) is 67.8 cm³/mol. The van der Waals surface area contributed by atoms with E-state index in [1.165, 1.54) is 6.20 Å². The zero-order valence-corrected chi connectivity index (χ0v) is 10.7. The molecule has 0 spiro atoms. The molecule has 0 aliphatic carbocycles. The lowest BCUT2D eigenvalue weighted by Gasteiger charge is -2.10. The van der Waals surface area contributed by atoms with E-state index in [9.17, 15) is 14.4 Å². The number of aromatic amines is 1. The van der Waals surface area contributed by atoms with E-state index in [1.54, 1.807) is 0 Å². The van der Waals surface area contributed by atoms with E-state index in [0.29, 0.717) is 19.4 Å². The summed E-state index contributed by atoms with van der Waals surface area (Å²) >= 11 is 0. The lowest BCUT2D eigenvalue weighted by molar-refractivity contribution is -0.137. The Labute approximate surface area is 110 Å². The fraction of sp³-hybridized carbons (Fsp3) is 0.500. The molecule has 1 rings (SSSR count). The number of nitrogens with zero attached hydrogens (tertiary/aromatic N) is 1. The van der Waals surface area contributed by atoms with Crippen molar-refractivity contribution < 1.29 is 14.7 Å². The van der Waals surface area contributed by atoms with E-state index < -0.39 is 5.97 Å². The number of H-pyrrole nitrogens is 1. The molecule has 0 saturated heterocycles.